The van der Waals surface area contributed by atoms with Gasteiger partial charge >= 0.3 is 0 Å². The molecule has 58 heavy (non-hydrogen) atoms. The van der Waals surface area contributed by atoms with Crippen LogP contribution >= 0.6 is 22.7 Å². The van der Waals surface area contributed by atoms with Crippen LogP contribution in [0, 0.1) is 0 Å². The van der Waals surface area contributed by atoms with Crippen LogP contribution in [0.5, 0.6) is 0 Å². The second kappa shape index (κ2) is 13.3. The van der Waals surface area contributed by atoms with Crippen LogP contribution in [0.3, 0.4) is 0 Å². The number of para-hydroxylation sites is 2. The average Bonchev–Trinajstić information content (AvgIpc) is 3.96. The van der Waals surface area contributed by atoms with Crippen molar-refractivity contribution in [1.82, 2.24) is 4.57 Å². The molecule has 3 heterocycles. The Morgan fingerprint density at radius 3 is 1.71 bits per heavy atom. The number of benzene rings is 9. The molecule has 12 rings (SSSR count). The van der Waals surface area contributed by atoms with E-state index in [9.17, 15) is 0 Å². The third-order valence-electron chi connectivity index (χ3n) is 11.6. The van der Waals surface area contributed by atoms with Gasteiger partial charge in [-0.3, -0.25) is 0 Å². The molecule has 12 aromatic rings. The van der Waals surface area contributed by atoms with Crippen molar-refractivity contribution in [3.63, 3.8) is 0 Å². The summed E-state index contributed by atoms with van der Waals surface area (Å²) in [5.41, 5.74) is 11.9. The highest BCUT2D eigenvalue weighted by Gasteiger charge is 2.19. The molecule has 0 unspecified atom stereocenters. The van der Waals surface area contributed by atoms with Crippen LogP contribution in [0.25, 0.3) is 90.1 Å². The van der Waals surface area contributed by atoms with Crippen LogP contribution < -0.4 is 4.90 Å². The van der Waals surface area contributed by atoms with Crippen molar-refractivity contribution >= 4 is 102 Å². The molecule has 0 spiro atoms. The molecule has 4 heteroatoms. The van der Waals surface area contributed by atoms with Gasteiger partial charge < -0.3 is 9.47 Å². The van der Waals surface area contributed by atoms with E-state index in [1.165, 1.54) is 84.4 Å². The largest absolute Gasteiger partial charge is 0.310 e. The van der Waals surface area contributed by atoms with Crippen molar-refractivity contribution < 1.29 is 0 Å². The predicted octanol–water partition coefficient (Wildman–Crippen LogP) is 16.3. The van der Waals surface area contributed by atoms with Crippen LogP contribution in [-0.2, 0) is 0 Å². The van der Waals surface area contributed by atoms with Gasteiger partial charge in [-0.2, -0.15) is 0 Å². The molecular weight excluding hydrogens is 741 g/mol. The van der Waals surface area contributed by atoms with Crippen LogP contribution in [0.2, 0.25) is 0 Å². The smallest absolute Gasteiger partial charge is 0.0541 e. The van der Waals surface area contributed by atoms with E-state index in [4.69, 9.17) is 0 Å². The van der Waals surface area contributed by atoms with Crippen molar-refractivity contribution in [2.24, 2.45) is 0 Å². The van der Waals surface area contributed by atoms with E-state index in [2.05, 4.69) is 216 Å². The number of hydrogen-bond donors (Lipinski definition) is 0. The van der Waals surface area contributed by atoms with E-state index in [-0.39, 0.29) is 0 Å². The van der Waals surface area contributed by atoms with E-state index in [0.29, 0.717) is 0 Å². The first-order chi connectivity index (χ1) is 28.7. The zero-order chi connectivity index (χ0) is 38.2. The molecular formula is C54H34N2S2. The minimum absolute atomic E-state index is 1.12. The SMILES string of the molecule is c1ccc(-c2ccc3c(c2)c2ccccc2n3-c2cc(-c3ccc(N(c4ccccc4)c4ccc5c(c4)sc4ccccc45)cc3)c3sc4ccccc4c3c2)cc1. The fourth-order valence-electron chi connectivity index (χ4n) is 8.88. The van der Waals surface area contributed by atoms with Crippen LogP contribution in [0.1, 0.15) is 0 Å². The Hall–Kier alpha value is -6.98. The van der Waals surface area contributed by atoms with Gasteiger partial charge in [0.1, 0.15) is 0 Å². The first kappa shape index (κ1) is 33.2. The maximum Gasteiger partial charge on any atom is 0.0541 e. The maximum atomic E-state index is 2.46. The molecule has 0 saturated carbocycles. The van der Waals surface area contributed by atoms with Gasteiger partial charge in [-0.15, -0.1) is 22.7 Å². The lowest BCUT2D eigenvalue weighted by Gasteiger charge is -2.26. The maximum absolute atomic E-state index is 2.46. The van der Waals surface area contributed by atoms with Crippen molar-refractivity contribution in [2.75, 3.05) is 4.90 Å². The lowest BCUT2D eigenvalue weighted by Crippen LogP contribution is -2.09. The van der Waals surface area contributed by atoms with Crippen molar-refractivity contribution in [3.8, 4) is 27.9 Å². The molecule has 0 atom stereocenters. The van der Waals surface area contributed by atoms with Crippen molar-refractivity contribution in [3.05, 3.63) is 206 Å². The fourth-order valence-corrected chi connectivity index (χ4v) is 11.2. The number of nitrogens with zero attached hydrogens (tertiary/aromatic N) is 2. The molecule has 2 nitrogen and oxygen atoms in total. The number of aromatic nitrogens is 1. The zero-order valence-corrected chi connectivity index (χ0v) is 33.0. The molecule has 0 amide bonds. The Balaban J connectivity index is 1.03. The lowest BCUT2D eigenvalue weighted by molar-refractivity contribution is 1.19. The van der Waals surface area contributed by atoms with Crippen molar-refractivity contribution in [1.29, 1.82) is 0 Å². The Kier molecular flexibility index (Phi) is 7.62. The summed E-state index contributed by atoms with van der Waals surface area (Å²) in [7, 11) is 0. The topological polar surface area (TPSA) is 8.17 Å². The fraction of sp³-hybridized carbons (Fsp3) is 0. The van der Waals surface area contributed by atoms with E-state index in [1.807, 2.05) is 22.7 Å². The van der Waals surface area contributed by atoms with Crippen LogP contribution in [0.4, 0.5) is 17.1 Å². The van der Waals surface area contributed by atoms with Gasteiger partial charge in [0.15, 0.2) is 0 Å². The minimum Gasteiger partial charge on any atom is -0.310 e. The predicted molar refractivity (Wildman–Crippen MR) is 252 cm³/mol. The zero-order valence-electron chi connectivity index (χ0n) is 31.3. The highest BCUT2D eigenvalue weighted by molar-refractivity contribution is 7.26. The van der Waals surface area contributed by atoms with Gasteiger partial charge in [0.05, 0.1) is 11.0 Å². The van der Waals surface area contributed by atoms with E-state index in [0.717, 1.165) is 22.7 Å². The van der Waals surface area contributed by atoms with Gasteiger partial charge in [0.2, 0.25) is 0 Å². The second-order valence-corrected chi connectivity index (χ2v) is 17.1. The van der Waals surface area contributed by atoms with Crippen LogP contribution in [0.15, 0.2) is 206 Å². The van der Waals surface area contributed by atoms with Gasteiger partial charge in [0.25, 0.3) is 0 Å². The Labute approximate surface area is 343 Å². The summed E-state index contributed by atoms with van der Waals surface area (Å²) in [5.74, 6) is 0. The summed E-state index contributed by atoms with van der Waals surface area (Å²) >= 11 is 3.74. The number of anilines is 3. The molecule has 0 radical (unpaired) electrons. The molecule has 0 N–H and O–H groups in total. The highest BCUT2D eigenvalue weighted by atomic mass is 32.1. The molecule has 9 aromatic carbocycles. The first-order valence-electron chi connectivity index (χ1n) is 19.7. The number of hydrogen-bond acceptors (Lipinski definition) is 3. The Morgan fingerprint density at radius 2 is 0.914 bits per heavy atom. The van der Waals surface area contributed by atoms with Gasteiger partial charge in [0, 0.05) is 79.4 Å². The van der Waals surface area contributed by atoms with Crippen LogP contribution in [-0.4, -0.2) is 4.57 Å². The number of rotatable bonds is 6. The van der Waals surface area contributed by atoms with Crippen molar-refractivity contribution in [2.45, 2.75) is 0 Å². The third kappa shape index (κ3) is 5.30. The summed E-state index contributed by atoms with van der Waals surface area (Å²) in [6.45, 7) is 0. The molecule has 0 fully saturated rings. The molecule has 3 aromatic heterocycles. The number of fused-ring (bicyclic) bond motifs is 9. The third-order valence-corrected chi connectivity index (χ3v) is 13.9. The molecule has 0 aliphatic carbocycles. The van der Waals surface area contributed by atoms with E-state index >= 15 is 0 Å². The highest BCUT2D eigenvalue weighted by Crippen LogP contribution is 2.45. The molecule has 0 aliphatic rings. The first-order valence-corrected chi connectivity index (χ1v) is 21.3. The quantitative estimate of drug-likeness (QED) is 0.163. The summed E-state index contributed by atoms with van der Waals surface area (Å²) < 4.78 is 7.68. The monoisotopic (exact) mass is 774 g/mol. The number of thiophene rings is 2. The molecule has 272 valence electrons. The molecule has 0 saturated heterocycles. The summed E-state index contributed by atoms with van der Waals surface area (Å²) in [6.07, 6.45) is 0. The Bertz CT molecular complexity index is 3500. The van der Waals surface area contributed by atoms with E-state index in [1.54, 1.807) is 0 Å². The van der Waals surface area contributed by atoms with Gasteiger partial charge in [-0.25, -0.2) is 0 Å². The lowest BCUT2D eigenvalue weighted by atomic mass is 10.0. The standard InChI is InChI=1S/C54H34N2S2/c1-3-13-35(14-4-1)37-25-30-50-47(31-37)42-17-7-10-20-49(42)56(50)41-32-46(54-48(33-41)44-19-9-12-22-52(44)58-54)36-23-26-39(27-24-36)55(38-15-5-2-6-16-38)40-28-29-45-43-18-8-11-21-51(43)57-53(45)34-40/h1-34H. The minimum atomic E-state index is 1.12. The average molecular weight is 775 g/mol. The van der Waals surface area contributed by atoms with E-state index < -0.39 is 0 Å². The second-order valence-electron chi connectivity index (χ2n) is 14.9. The summed E-state index contributed by atoms with van der Waals surface area (Å²) in [5, 5.41) is 7.71. The molecule has 0 aliphatic heterocycles. The van der Waals surface area contributed by atoms with Gasteiger partial charge in [-0.1, -0.05) is 127 Å². The normalized spacial score (nSPS) is 11.8. The molecule has 0 bridgehead atoms. The summed E-state index contributed by atoms with van der Waals surface area (Å²) in [6, 6.07) is 75.6. The van der Waals surface area contributed by atoms with Gasteiger partial charge in [-0.05, 0) is 95.6 Å². The summed E-state index contributed by atoms with van der Waals surface area (Å²) in [4.78, 5) is 2.38. The Morgan fingerprint density at radius 1 is 0.328 bits per heavy atom.